The standard InChI is InChI=1S/C15H14N2O6.ClH/c1-7-11(14(18)19)13(12(15(20)21)8(2)16-7)9-4-3-5-10(6-9)17(22)23;/h3-6,13,16H,1-2H3,(H,18,19)(H,20,21);1H/p-2. The van der Waals surface area contributed by atoms with Crippen LogP contribution in [-0.2, 0) is 9.59 Å². The van der Waals surface area contributed by atoms with Crippen LogP contribution in [-0.4, -0.2) is 16.9 Å². The number of nitrogens with one attached hydrogen (secondary N) is 1. The van der Waals surface area contributed by atoms with Gasteiger partial charge in [0.2, 0.25) is 0 Å². The molecule has 0 bridgehead atoms. The van der Waals surface area contributed by atoms with E-state index in [0.29, 0.717) is 0 Å². The Balaban J connectivity index is 0.00000288. The molecule has 24 heavy (non-hydrogen) atoms. The maximum atomic E-state index is 11.5. The number of dihydropyridines is 1. The molecule has 0 saturated carbocycles. The van der Waals surface area contributed by atoms with Crippen LogP contribution in [0.2, 0.25) is 0 Å². The van der Waals surface area contributed by atoms with Crippen molar-refractivity contribution in [3.05, 3.63) is 62.5 Å². The van der Waals surface area contributed by atoms with E-state index in [4.69, 9.17) is 0 Å². The molecule has 0 saturated heterocycles. The van der Waals surface area contributed by atoms with Crippen LogP contribution < -0.4 is 15.5 Å². The first kappa shape index (κ1) is 19.2. The van der Waals surface area contributed by atoms with Gasteiger partial charge in [-0.05, 0) is 19.4 Å². The molecule has 1 aromatic rings. The van der Waals surface area contributed by atoms with E-state index in [1.807, 2.05) is 0 Å². The number of nitro groups is 1. The summed E-state index contributed by atoms with van der Waals surface area (Å²) >= 11 is 0. The van der Waals surface area contributed by atoms with E-state index in [9.17, 15) is 29.9 Å². The lowest BCUT2D eigenvalue weighted by molar-refractivity contribution is -0.384. The summed E-state index contributed by atoms with van der Waals surface area (Å²) in [7, 11) is 0. The molecule has 128 valence electrons. The third-order valence-electron chi connectivity index (χ3n) is 3.61. The number of hydrogen-bond acceptors (Lipinski definition) is 7. The molecule has 0 fully saturated rings. The van der Waals surface area contributed by atoms with Gasteiger partial charge in [0, 0.05) is 40.6 Å². The number of carboxylic acid groups (broad SMARTS) is 2. The number of halogens is 1. The molecule has 9 heteroatoms. The molecule has 0 spiro atoms. The van der Waals surface area contributed by atoms with Crippen LogP contribution in [0.4, 0.5) is 5.69 Å². The summed E-state index contributed by atoms with van der Waals surface area (Å²) in [6.07, 6.45) is 0. The average Bonchev–Trinajstić information content (AvgIpc) is 2.45. The van der Waals surface area contributed by atoms with Gasteiger partial charge in [-0.2, -0.15) is 0 Å². The van der Waals surface area contributed by atoms with E-state index in [-0.39, 0.29) is 46.2 Å². The topological polar surface area (TPSA) is 135 Å². The molecule has 1 heterocycles. The number of hydrogen-bond donors (Lipinski definition) is 1. The Bertz CT molecular complexity index is 748. The predicted octanol–water partition coefficient (Wildman–Crippen LogP) is -0.249. The van der Waals surface area contributed by atoms with Crippen LogP contribution in [0.15, 0.2) is 46.8 Å². The zero-order valence-electron chi connectivity index (χ0n) is 12.7. The smallest absolute Gasteiger partial charge is 0.269 e. The maximum Gasteiger partial charge on any atom is 0.269 e. The molecule has 8 nitrogen and oxygen atoms in total. The number of allylic oxidation sites excluding steroid dienone is 2. The second kappa shape index (κ2) is 7.14. The van der Waals surface area contributed by atoms with Crippen molar-refractivity contribution in [2.45, 2.75) is 19.8 Å². The molecule has 1 aliphatic heterocycles. The van der Waals surface area contributed by atoms with Crippen LogP contribution in [0.1, 0.15) is 25.3 Å². The van der Waals surface area contributed by atoms with Gasteiger partial charge in [-0.15, -0.1) is 12.4 Å². The van der Waals surface area contributed by atoms with Gasteiger partial charge in [-0.25, -0.2) is 0 Å². The third-order valence-corrected chi connectivity index (χ3v) is 3.61. The third kappa shape index (κ3) is 3.38. The number of carboxylic acids is 2. The first-order valence-corrected chi connectivity index (χ1v) is 6.59. The molecule has 0 atom stereocenters. The monoisotopic (exact) mass is 352 g/mol. The van der Waals surface area contributed by atoms with E-state index < -0.39 is 22.8 Å². The van der Waals surface area contributed by atoms with Gasteiger partial charge in [0.05, 0.1) is 16.9 Å². The first-order chi connectivity index (χ1) is 10.7. The van der Waals surface area contributed by atoms with E-state index in [2.05, 4.69) is 5.32 Å². The maximum absolute atomic E-state index is 11.5. The molecule has 1 N–H and O–H groups in total. The Labute approximate surface area is 143 Å². The highest BCUT2D eigenvalue weighted by Crippen LogP contribution is 2.38. The lowest BCUT2D eigenvalue weighted by atomic mass is 9.80. The molecule has 0 amide bonds. The number of nitrogens with zero attached hydrogens (tertiary/aromatic N) is 1. The van der Waals surface area contributed by atoms with Gasteiger partial charge in [0.15, 0.2) is 0 Å². The minimum atomic E-state index is -1.56. The van der Waals surface area contributed by atoms with Crippen molar-refractivity contribution in [3.8, 4) is 0 Å². The number of non-ortho nitro benzene ring substituents is 1. The van der Waals surface area contributed by atoms with Crippen LogP contribution >= 0.6 is 12.4 Å². The Morgan fingerprint density at radius 2 is 1.58 bits per heavy atom. The van der Waals surface area contributed by atoms with Crippen molar-refractivity contribution in [2.75, 3.05) is 0 Å². The van der Waals surface area contributed by atoms with Crippen molar-refractivity contribution in [2.24, 2.45) is 0 Å². The predicted molar refractivity (Wildman–Crippen MR) is 81.6 cm³/mol. The summed E-state index contributed by atoms with van der Waals surface area (Å²) in [4.78, 5) is 33.2. The van der Waals surface area contributed by atoms with Gasteiger partial charge in [-0.1, -0.05) is 12.1 Å². The number of carbonyl (C=O) groups excluding carboxylic acids is 2. The minimum absolute atomic E-state index is 0. The summed E-state index contributed by atoms with van der Waals surface area (Å²) in [6, 6.07) is 5.16. The van der Waals surface area contributed by atoms with E-state index in [1.54, 1.807) is 0 Å². The number of nitro benzene ring substituents is 1. The lowest BCUT2D eigenvalue weighted by Crippen LogP contribution is -2.40. The van der Waals surface area contributed by atoms with Gasteiger partial charge < -0.3 is 25.1 Å². The van der Waals surface area contributed by atoms with Gasteiger partial charge in [0.25, 0.3) is 5.69 Å². The molecule has 0 aliphatic carbocycles. The quantitative estimate of drug-likeness (QED) is 0.583. The Morgan fingerprint density at radius 3 is 2.00 bits per heavy atom. The fourth-order valence-electron chi connectivity index (χ4n) is 2.69. The fraction of sp³-hybridized carbons (Fsp3) is 0.200. The molecule has 1 aliphatic rings. The highest BCUT2D eigenvalue weighted by atomic mass is 35.5. The van der Waals surface area contributed by atoms with Crippen molar-refractivity contribution < 1.29 is 24.7 Å². The number of aliphatic carboxylic acids is 2. The zero-order valence-corrected chi connectivity index (χ0v) is 13.5. The van der Waals surface area contributed by atoms with Crippen molar-refractivity contribution in [1.29, 1.82) is 0 Å². The average molecular weight is 353 g/mol. The Hall–Kier alpha value is -2.87. The molecule has 2 rings (SSSR count). The summed E-state index contributed by atoms with van der Waals surface area (Å²) in [5, 5.41) is 36.5. The van der Waals surface area contributed by atoms with Gasteiger partial charge in [-0.3, -0.25) is 10.1 Å². The van der Waals surface area contributed by atoms with E-state index in [1.165, 1.54) is 32.0 Å². The molecular formula is C15H13ClN2O6-2. The van der Waals surface area contributed by atoms with Crippen LogP contribution in [0.5, 0.6) is 0 Å². The lowest BCUT2D eigenvalue weighted by Gasteiger charge is -2.33. The molecule has 0 radical (unpaired) electrons. The van der Waals surface area contributed by atoms with Crippen molar-refractivity contribution in [1.82, 2.24) is 5.32 Å². The van der Waals surface area contributed by atoms with Gasteiger partial charge in [0.1, 0.15) is 0 Å². The van der Waals surface area contributed by atoms with Crippen LogP contribution in [0, 0.1) is 10.1 Å². The Morgan fingerprint density at radius 1 is 1.08 bits per heavy atom. The summed E-state index contributed by atoms with van der Waals surface area (Å²) < 4.78 is 0. The number of rotatable bonds is 4. The number of benzene rings is 1. The second-order valence-electron chi connectivity index (χ2n) is 5.06. The van der Waals surface area contributed by atoms with E-state index >= 15 is 0 Å². The summed E-state index contributed by atoms with van der Waals surface area (Å²) in [5.41, 5.74) is -0.275. The normalized spacial score (nSPS) is 14.8. The highest BCUT2D eigenvalue weighted by Gasteiger charge is 2.31. The molecule has 0 unspecified atom stereocenters. The van der Waals surface area contributed by atoms with Crippen LogP contribution in [0.3, 0.4) is 0 Å². The second-order valence-corrected chi connectivity index (χ2v) is 5.06. The largest absolute Gasteiger partial charge is 0.545 e. The van der Waals surface area contributed by atoms with Crippen molar-refractivity contribution in [3.63, 3.8) is 0 Å². The number of carbonyl (C=O) groups is 2. The van der Waals surface area contributed by atoms with E-state index in [0.717, 1.165) is 6.07 Å². The zero-order chi connectivity index (χ0) is 17.3. The Kier molecular flexibility index (Phi) is 5.70. The molecule has 1 aromatic carbocycles. The fourth-order valence-corrected chi connectivity index (χ4v) is 2.69. The highest BCUT2D eigenvalue weighted by molar-refractivity contribution is 5.97. The van der Waals surface area contributed by atoms with Crippen LogP contribution in [0.25, 0.3) is 0 Å². The minimum Gasteiger partial charge on any atom is -0.545 e. The summed E-state index contributed by atoms with van der Waals surface area (Å²) in [5.74, 6) is -4.33. The SMILES string of the molecule is CC1=C(C(=O)[O-])C(c2cccc([N+](=O)[O-])c2)C(C(=O)[O-])=C(C)N1.Cl. The molecular weight excluding hydrogens is 340 g/mol. The van der Waals surface area contributed by atoms with Crippen molar-refractivity contribution >= 4 is 30.0 Å². The van der Waals surface area contributed by atoms with Gasteiger partial charge >= 0.3 is 0 Å². The first-order valence-electron chi connectivity index (χ1n) is 6.59. The summed E-state index contributed by atoms with van der Waals surface area (Å²) in [6.45, 7) is 2.93. The molecule has 0 aromatic heterocycles.